The van der Waals surface area contributed by atoms with Crippen LogP contribution in [0.3, 0.4) is 0 Å². The molecular weight excluding hydrogens is 316 g/mol. The van der Waals surface area contributed by atoms with Crippen LogP contribution in [-0.2, 0) is 6.61 Å². The van der Waals surface area contributed by atoms with Gasteiger partial charge in [0.05, 0.1) is 7.11 Å². The number of likely N-dealkylation sites (N-methyl/N-ethyl adjacent to an activating group) is 1. The topological polar surface area (TPSA) is 50.7 Å². The molecule has 6 nitrogen and oxygen atoms in total. The van der Waals surface area contributed by atoms with Crippen molar-refractivity contribution in [3.8, 4) is 11.6 Å². The van der Waals surface area contributed by atoms with Crippen molar-refractivity contribution in [2.24, 2.45) is 0 Å². The summed E-state index contributed by atoms with van der Waals surface area (Å²) in [5, 5.41) is 0. The van der Waals surface area contributed by atoms with E-state index in [1.165, 1.54) is 0 Å². The average molecular weight is 342 g/mol. The highest BCUT2D eigenvalue weighted by molar-refractivity contribution is 5.37. The number of ether oxygens (including phenoxy) is 2. The SMILES string of the molecule is COc1ccc(COc2nc(N3CCC(N(C)C)C3)ncc2C)cc1. The first-order chi connectivity index (χ1) is 12.1. The summed E-state index contributed by atoms with van der Waals surface area (Å²) in [4.78, 5) is 13.6. The van der Waals surface area contributed by atoms with Crippen LogP contribution in [-0.4, -0.2) is 55.2 Å². The Kier molecular flexibility index (Phi) is 5.38. The molecule has 0 N–H and O–H groups in total. The maximum Gasteiger partial charge on any atom is 0.228 e. The molecule has 0 aliphatic carbocycles. The van der Waals surface area contributed by atoms with Gasteiger partial charge in [-0.2, -0.15) is 4.98 Å². The third-order valence-corrected chi connectivity index (χ3v) is 4.62. The lowest BCUT2D eigenvalue weighted by atomic mass is 10.2. The zero-order valence-corrected chi connectivity index (χ0v) is 15.4. The fourth-order valence-electron chi connectivity index (χ4n) is 2.93. The number of aromatic nitrogens is 2. The van der Waals surface area contributed by atoms with E-state index in [2.05, 4.69) is 33.9 Å². The highest BCUT2D eigenvalue weighted by Crippen LogP contribution is 2.23. The molecule has 0 radical (unpaired) electrons. The minimum atomic E-state index is 0.474. The fourth-order valence-corrected chi connectivity index (χ4v) is 2.93. The maximum atomic E-state index is 5.94. The van der Waals surface area contributed by atoms with Crippen molar-refractivity contribution in [2.75, 3.05) is 39.2 Å². The molecule has 2 aromatic rings. The van der Waals surface area contributed by atoms with E-state index < -0.39 is 0 Å². The molecule has 134 valence electrons. The van der Waals surface area contributed by atoms with Gasteiger partial charge in [0.15, 0.2) is 0 Å². The van der Waals surface area contributed by atoms with Crippen molar-refractivity contribution < 1.29 is 9.47 Å². The lowest BCUT2D eigenvalue weighted by Gasteiger charge is -2.20. The summed E-state index contributed by atoms with van der Waals surface area (Å²) in [5.41, 5.74) is 2.02. The molecule has 1 unspecified atom stereocenters. The summed E-state index contributed by atoms with van der Waals surface area (Å²) in [5.74, 6) is 2.24. The molecule has 1 saturated heterocycles. The molecule has 0 amide bonds. The van der Waals surface area contributed by atoms with Gasteiger partial charge in [0.1, 0.15) is 12.4 Å². The van der Waals surface area contributed by atoms with E-state index in [1.54, 1.807) is 7.11 Å². The molecule has 1 fully saturated rings. The van der Waals surface area contributed by atoms with Crippen molar-refractivity contribution in [3.05, 3.63) is 41.6 Å². The van der Waals surface area contributed by atoms with Crippen molar-refractivity contribution in [2.45, 2.75) is 26.0 Å². The summed E-state index contributed by atoms with van der Waals surface area (Å²) in [6.45, 7) is 4.37. The summed E-state index contributed by atoms with van der Waals surface area (Å²) < 4.78 is 11.1. The third kappa shape index (κ3) is 4.20. The van der Waals surface area contributed by atoms with Gasteiger partial charge < -0.3 is 19.3 Å². The van der Waals surface area contributed by atoms with Crippen molar-refractivity contribution in [1.29, 1.82) is 0 Å². The first kappa shape index (κ1) is 17.5. The maximum absolute atomic E-state index is 5.94. The van der Waals surface area contributed by atoms with Crippen LogP contribution in [0.5, 0.6) is 11.6 Å². The summed E-state index contributed by atoms with van der Waals surface area (Å²) in [6.07, 6.45) is 2.97. The number of nitrogens with zero attached hydrogens (tertiary/aromatic N) is 4. The lowest BCUT2D eigenvalue weighted by Crippen LogP contribution is -2.32. The monoisotopic (exact) mass is 342 g/mol. The highest BCUT2D eigenvalue weighted by atomic mass is 16.5. The summed E-state index contributed by atoms with van der Waals surface area (Å²) >= 11 is 0. The minimum absolute atomic E-state index is 0.474. The molecule has 1 aliphatic heterocycles. The standard InChI is InChI=1S/C19H26N4O2/c1-14-11-20-19(23-10-9-16(12-23)22(2)3)21-18(14)25-13-15-5-7-17(24-4)8-6-15/h5-8,11,16H,9-10,12-13H2,1-4H3. The fraction of sp³-hybridized carbons (Fsp3) is 0.474. The van der Waals surface area contributed by atoms with Crippen LogP contribution in [0.4, 0.5) is 5.95 Å². The zero-order valence-electron chi connectivity index (χ0n) is 15.4. The van der Waals surface area contributed by atoms with Crippen molar-refractivity contribution >= 4 is 5.95 Å². The van der Waals surface area contributed by atoms with E-state index in [-0.39, 0.29) is 0 Å². The molecule has 1 aromatic carbocycles. The van der Waals surface area contributed by atoms with Gasteiger partial charge in [-0.1, -0.05) is 12.1 Å². The predicted octanol–water partition coefficient (Wildman–Crippen LogP) is 2.51. The van der Waals surface area contributed by atoms with Crippen LogP contribution in [0, 0.1) is 6.92 Å². The average Bonchev–Trinajstić information content (AvgIpc) is 3.12. The number of hydrogen-bond acceptors (Lipinski definition) is 6. The number of benzene rings is 1. The Labute approximate surface area is 149 Å². The number of anilines is 1. The number of aryl methyl sites for hydroxylation is 1. The molecule has 0 spiro atoms. The van der Waals surface area contributed by atoms with Gasteiger partial charge in [0.2, 0.25) is 11.8 Å². The van der Waals surface area contributed by atoms with Crippen LogP contribution in [0.2, 0.25) is 0 Å². The van der Waals surface area contributed by atoms with Gasteiger partial charge in [0, 0.05) is 30.9 Å². The second-order valence-corrected chi connectivity index (χ2v) is 6.65. The van der Waals surface area contributed by atoms with E-state index >= 15 is 0 Å². The second-order valence-electron chi connectivity index (χ2n) is 6.65. The minimum Gasteiger partial charge on any atom is -0.497 e. The van der Waals surface area contributed by atoms with Crippen LogP contribution >= 0.6 is 0 Å². The van der Waals surface area contributed by atoms with Crippen LogP contribution in [0.1, 0.15) is 17.5 Å². The molecule has 0 bridgehead atoms. The van der Waals surface area contributed by atoms with Gasteiger partial charge in [-0.05, 0) is 45.1 Å². The van der Waals surface area contributed by atoms with Gasteiger partial charge in [0.25, 0.3) is 0 Å². The van der Waals surface area contributed by atoms with E-state index in [9.17, 15) is 0 Å². The first-order valence-electron chi connectivity index (χ1n) is 8.57. The first-order valence-corrected chi connectivity index (χ1v) is 8.57. The molecule has 3 rings (SSSR count). The molecule has 1 aliphatic rings. The van der Waals surface area contributed by atoms with Gasteiger partial charge in [-0.25, -0.2) is 4.98 Å². The Morgan fingerprint density at radius 2 is 2.00 bits per heavy atom. The summed E-state index contributed by atoms with van der Waals surface area (Å²) in [6, 6.07) is 8.41. The Balaban J connectivity index is 1.67. The highest BCUT2D eigenvalue weighted by Gasteiger charge is 2.26. The van der Waals surface area contributed by atoms with Gasteiger partial charge in [-0.3, -0.25) is 0 Å². The smallest absolute Gasteiger partial charge is 0.228 e. The quantitative estimate of drug-likeness (QED) is 0.804. The molecule has 25 heavy (non-hydrogen) atoms. The van der Waals surface area contributed by atoms with E-state index in [4.69, 9.17) is 9.47 Å². The van der Waals surface area contributed by atoms with Crippen molar-refractivity contribution in [3.63, 3.8) is 0 Å². The largest absolute Gasteiger partial charge is 0.497 e. The normalized spacial score (nSPS) is 17.2. The van der Waals surface area contributed by atoms with Gasteiger partial charge >= 0.3 is 0 Å². The van der Waals surface area contributed by atoms with E-state index in [0.717, 1.165) is 42.3 Å². The van der Waals surface area contributed by atoms with E-state index in [0.29, 0.717) is 18.5 Å². The molecule has 1 aromatic heterocycles. The molecule has 0 saturated carbocycles. The second kappa shape index (κ2) is 7.70. The van der Waals surface area contributed by atoms with E-state index in [1.807, 2.05) is 37.4 Å². The number of methoxy groups -OCH3 is 1. The Morgan fingerprint density at radius 3 is 2.64 bits per heavy atom. The lowest BCUT2D eigenvalue weighted by molar-refractivity contribution is 0.290. The van der Waals surface area contributed by atoms with Crippen LogP contribution in [0.15, 0.2) is 30.5 Å². The van der Waals surface area contributed by atoms with Gasteiger partial charge in [-0.15, -0.1) is 0 Å². The predicted molar refractivity (Wildman–Crippen MR) is 98.4 cm³/mol. The number of rotatable bonds is 6. The number of hydrogen-bond donors (Lipinski definition) is 0. The summed E-state index contributed by atoms with van der Waals surface area (Å²) in [7, 11) is 5.90. The molecule has 1 atom stereocenters. The van der Waals surface area contributed by atoms with Crippen LogP contribution < -0.4 is 14.4 Å². The molecule has 6 heteroatoms. The Bertz CT molecular complexity index is 703. The Hall–Kier alpha value is -2.34. The van der Waals surface area contributed by atoms with Crippen LogP contribution in [0.25, 0.3) is 0 Å². The Morgan fingerprint density at radius 1 is 1.24 bits per heavy atom. The molecule has 2 heterocycles. The van der Waals surface area contributed by atoms with Crippen molar-refractivity contribution in [1.82, 2.24) is 14.9 Å². The molecular formula is C19H26N4O2. The zero-order chi connectivity index (χ0) is 17.8. The third-order valence-electron chi connectivity index (χ3n) is 4.62.